The van der Waals surface area contributed by atoms with Crippen LogP contribution in [0.15, 0.2) is 0 Å². The van der Waals surface area contributed by atoms with Crippen molar-refractivity contribution < 1.29 is 37.3 Å². The van der Waals surface area contributed by atoms with Crippen LogP contribution in [0.25, 0.3) is 0 Å². The Hall–Kier alpha value is -0.500. The lowest BCUT2D eigenvalue weighted by Crippen LogP contribution is -2.37. The number of hydrogen-bond acceptors (Lipinski definition) is 7. The van der Waals surface area contributed by atoms with E-state index in [1.807, 2.05) is 21.1 Å². The quantitative estimate of drug-likeness (QED) is 0.0282. The number of hydrogen-bond donors (Lipinski definition) is 0. The molecule has 0 aliphatic carbocycles. The molecule has 0 N–H and O–H groups in total. The third-order valence-corrected chi connectivity index (χ3v) is 9.37. The van der Waals surface area contributed by atoms with Crippen LogP contribution < -0.4 is 4.89 Å². The Morgan fingerprint density at radius 2 is 1.00 bits per heavy atom. The summed E-state index contributed by atoms with van der Waals surface area (Å²) in [6, 6.07) is 0. The zero-order valence-corrected chi connectivity index (χ0v) is 31.9. The Bertz CT molecular complexity index is 716. The number of esters is 1. The molecule has 0 saturated heterocycles. The lowest BCUT2D eigenvalue weighted by atomic mass is 10.0. The molecule has 0 aromatic carbocycles. The zero-order valence-electron chi connectivity index (χ0n) is 31.0. The molecular weight excluding hydrogens is 601 g/mol. The van der Waals surface area contributed by atoms with E-state index in [2.05, 4.69) is 13.8 Å². The Kier molecular flexibility index (Phi) is 31.4. The molecule has 46 heavy (non-hydrogen) atoms. The second-order valence-corrected chi connectivity index (χ2v) is 15.7. The average Bonchev–Trinajstić information content (AvgIpc) is 2.99. The normalized spacial score (nSPS) is 14.0. The molecule has 0 saturated carbocycles. The molecule has 2 atom stereocenters. The SMILES string of the molecule is CCCCCCCCCCCCCCCCCCCCOCC(COP(=O)([O-])OCC[N+](C)(C)C)OC(=O)CCCCCCCC. The topological polar surface area (TPSA) is 94.1 Å². The molecule has 276 valence electrons. The summed E-state index contributed by atoms with van der Waals surface area (Å²) in [4.78, 5) is 24.7. The molecule has 0 bridgehead atoms. The number of phosphoric ester groups is 1. The summed E-state index contributed by atoms with van der Waals surface area (Å²) in [6.45, 7) is 5.38. The highest BCUT2D eigenvalue weighted by atomic mass is 31.2. The predicted molar refractivity (Wildman–Crippen MR) is 190 cm³/mol. The van der Waals surface area contributed by atoms with Crippen molar-refractivity contribution in [3.8, 4) is 0 Å². The largest absolute Gasteiger partial charge is 0.756 e. The summed E-state index contributed by atoms with van der Waals surface area (Å²) in [7, 11) is 1.37. The maximum absolute atomic E-state index is 12.4. The molecular formula is C37H76NO7P. The first kappa shape index (κ1) is 45.5. The van der Waals surface area contributed by atoms with E-state index in [-0.39, 0.29) is 25.8 Å². The van der Waals surface area contributed by atoms with Crippen molar-refractivity contribution in [2.24, 2.45) is 0 Å². The van der Waals surface area contributed by atoms with Gasteiger partial charge in [-0.1, -0.05) is 155 Å². The van der Waals surface area contributed by atoms with Gasteiger partial charge in [-0.05, 0) is 12.8 Å². The summed E-state index contributed by atoms with van der Waals surface area (Å²) in [6.07, 6.45) is 29.9. The van der Waals surface area contributed by atoms with Crippen molar-refractivity contribution >= 4 is 13.8 Å². The predicted octanol–water partition coefficient (Wildman–Crippen LogP) is 9.91. The van der Waals surface area contributed by atoms with Gasteiger partial charge in [0.25, 0.3) is 7.82 Å². The number of unbranched alkanes of at least 4 members (excludes halogenated alkanes) is 22. The van der Waals surface area contributed by atoms with E-state index in [1.54, 1.807) is 0 Å². The summed E-state index contributed by atoms with van der Waals surface area (Å²) in [5.74, 6) is -0.340. The van der Waals surface area contributed by atoms with Gasteiger partial charge in [0, 0.05) is 13.0 Å². The monoisotopic (exact) mass is 678 g/mol. The number of likely N-dealkylation sites (N-methyl/N-ethyl adjacent to an activating group) is 1. The van der Waals surface area contributed by atoms with Crippen molar-refractivity contribution in [2.45, 2.75) is 180 Å². The van der Waals surface area contributed by atoms with E-state index in [0.717, 1.165) is 32.1 Å². The number of phosphoric acid groups is 1. The van der Waals surface area contributed by atoms with Gasteiger partial charge >= 0.3 is 5.97 Å². The lowest BCUT2D eigenvalue weighted by Gasteiger charge is -2.28. The minimum atomic E-state index is -4.50. The number of carbonyl (C=O) groups excluding carboxylic acids is 1. The minimum Gasteiger partial charge on any atom is -0.756 e. The fraction of sp³-hybridized carbons (Fsp3) is 0.973. The first-order chi connectivity index (χ1) is 22.1. The molecule has 0 heterocycles. The fourth-order valence-electron chi connectivity index (χ4n) is 5.37. The van der Waals surface area contributed by atoms with Crippen molar-refractivity contribution in [3.05, 3.63) is 0 Å². The average molecular weight is 678 g/mol. The van der Waals surface area contributed by atoms with Gasteiger partial charge in [0.15, 0.2) is 0 Å². The molecule has 0 aliphatic heterocycles. The smallest absolute Gasteiger partial charge is 0.306 e. The van der Waals surface area contributed by atoms with E-state index in [0.29, 0.717) is 24.1 Å². The van der Waals surface area contributed by atoms with Gasteiger partial charge in [-0.2, -0.15) is 0 Å². The van der Waals surface area contributed by atoms with Crippen molar-refractivity contribution in [2.75, 3.05) is 54.1 Å². The van der Waals surface area contributed by atoms with E-state index >= 15 is 0 Å². The minimum absolute atomic E-state index is 0.0304. The van der Waals surface area contributed by atoms with E-state index in [4.69, 9.17) is 18.5 Å². The van der Waals surface area contributed by atoms with Gasteiger partial charge < -0.3 is 27.9 Å². The molecule has 0 aliphatic rings. The molecule has 0 spiro atoms. The third kappa shape index (κ3) is 34.8. The van der Waals surface area contributed by atoms with Crippen molar-refractivity contribution in [1.29, 1.82) is 0 Å². The van der Waals surface area contributed by atoms with Crippen LogP contribution in [0.2, 0.25) is 0 Å². The van der Waals surface area contributed by atoms with Crippen LogP contribution in [0, 0.1) is 0 Å². The molecule has 0 radical (unpaired) electrons. The second-order valence-electron chi connectivity index (χ2n) is 14.3. The van der Waals surface area contributed by atoms with Gasteiger partial charge in [0.2, 0.25) is 0 Å². The van der Waals surface area contributed by atoms with Gasteiger partial charge in [-0.15, -0.1) is 0 Å². The van der Waals surface area contributed by atoms with Gasteiger partial charge in [0.05, 0.1) is 34.4 Å². The number of nitrogens with zero attached hydrogens (tertiary/aromatic N) is 1. The Morgan fingerprint density at radius 1 is 0.587 bits per heavy atom. The third-order valence-electron chi connectivity index (χ3n) is 8.41. The summed E-state index contributed by atoms with van der Waals surface area (Å²) in [5.41, 5.74) is 0. The van der Waals surface area contributed by atoms with Crippen LogP contribution in [0.5, 0.6) is 0 Å². The van der Waals surface area contributed by atoms with Crippen LogP contribution in [-0.4, -0.2) is 70.7 Å². The number of carbonyl (C=O) groups is 1. The molecule has 0 fully saturated rings. The Morgan fingerprint density at radius 3 is 1.43 bits per heavy atom. The van der Waals surface area contributed by atoms with Gasteiger partial charge in [-0.25, -0.2) is 0 Å². The molecule has 2 unspecified atom stereocenters. The van der Waals surface area contributed by atoms with Crippen LogP contribution in [0.1, 0.15) is 174 Å². The van der Waals surface area contributed by atoms with E-state index < -0.39 is 13.9 Å². The maximum Gasteiger partial charge on any atom is 0.306 e. The summed E-state index contributed by atoms with van der Waals surface area (Å²) < 4.78 is 34.3. The van der Waals surface area contributed by atoms with Crippen molar-refractivity contribution in [3.63, 3.8) is 0 Å². The van der Waals surface area contributed by atoms with Gasteiger partial charge in [-0.3, -0.25) is 9.36 Å². The molecule has 8 nitrogen and oxygen atoms in total. The Balaban J connectivity index is 4.06. The molecule has 9 heteroatoms. The highest BCUT2D eigenvalue weighted by Crippen LogP contribution is 2.38. The molecule has 0 aromatic heterocycles. The first-order valence-electron chi connectivity index (χ1n) is 19.3. The maximum atomic E-state index is 12.4. The van der Waals surface area contributed by atoms with Crippen LogP contribution >= 0.6 is 7.82 Å². The number of ether oxygens (including phenoxy) is 2. The van der Waals surface area contributed by atoms with Crippen LogP contribution in [0.4, 0.5) is 0 Å². The first-order valence-corrected chi connectivity index (χ1v) is 20.7. The van der Waals surface area contributed by atoms with E-state index in [9.17, 15) is 14.3 Å². The lowest BCUT2D eigenvalue weighted by molar-refractivity contribution is -0.870. The standard InChI is InChI=1S/C37H76NO7P/c1-6-8-10-12-14-15-16-17-18-19-20-21-22-23-24-25-27-29-32-42-34-36(45-37(39)30-28-26-13-11-9-7-2)35-44-46(40,41)43-33-31-38(3,4)5/h36H,6-35H2,1-5H3. The number of rotatable bonds is 36. The summed E-state index contributed by atoms with van der Waals surface area (Å²) in [5, 5.41) is 0. The summed E-state index contributed by atoms with van der Waals surface area (Å²) >= 11 is 0. The van der Waals surface area contributed by atoms with Gasteiger partial charge in [0.1, 0.15) is 19.3 Å². The zero-order chi connectivity index (χ0) is 34.2. The van der Waals surface area contributed by atoms with E-state index in [1.165, 1.54) is 122 Å². The number of quaternary nitrogens is 1. The van der Waals surface area contributed by atoms with Crippen LogP contribution in [-0.2, 0) is 27.9 Å². The molecule has 0 aromatic rings. The van der Waals surface area contributed by atoms with Crippen LogP contribution in [0.3, 0.4) is 0 Å². The Labute approximate surface area is 285 Å². The highest BCUT2D eigenvalue weighted by molar-refractivity contribution is 7.45. The van der Waals surface area contributed by atoms with Crippen molar-refractivity contribution in [1.82, 2.24) is 0 Å². The molecule has 0 rings (SSSR count). The molecule has 0 amide bonds. The fourth-order valence-corrected chi connectivity index (χ4v) is 6.10. The highest BCUT2D eigenvalue weighted by Gasteiger charge is 2.20. The second kappa shape index (κ2) is 31.7.